The molecule has 2 fully saturated rings. The first-order valence-corrected chi connectivity index (χ1v) is 10.6. The summed E-state index contributed by atoms with van der Waals surface area (Å²) in [6.45, 7) is 2.83. The van der Waals surface area contributed by atoms with Crippen molar-refractivity contribution >= 4 is 33.0 Å². The Balaban J connectivity index is 1.49. The number of benzene rings is 1. The zero-order valence-electron chi connectivity index (χ0n) is 13.0. The minimum atomic E-state index is -2.78. The van der Waals surface area contributed by atoms with E-state index < -0.39 is 9.84 Å². The molecule has 7 heteroatoms. The van der Waals surface area contributed by atoms with E-state index in [1.165, 1.54) is 0 Å². The SMILES string of the molecule is O=S1(=O)CCC(NC2CCN(Cc3ccc(Cl)cc3Cl)C2)CC1. The van der Waals surface area contributed by atoms with Crippen LogP contribution in [0, 0.1) is 0 Å². The van der Waals surface area contributed by atoms with E-state index in [1.54, 1.807) is 6.07 Å². The highest BCUT2D eigenvalue weighted by molar-refractivity contribution is 7.91. The summed E-state index contributed by atoms with van der Waals surface area (Å²) in [5, 5.41) is 5.01. The molecule has 0 amide bonds. The van der Waals surface area contributed by atoms with Crippen LogP contribution in [0.1, 0.15) is 24.8 Å². The average molecular weight is 377 g/mol. The summed E-state index contributed by atoms with van der Waals surface area (Å²) in [5.74, 6) is 0.642. The molecule has 0 saturated carbocycles. The number of hydrogen-bond acceptors (Lipinski definition) is 4. The van der Waals surface area contributed by atoms with Gasteiger partial charge >= 0.3 is 0 Å². The summed E-state index contributed by atoms with van der Waals surface area (Å²) in [5.41, 5.74) is 1.10. The molecule has 1 N–H and O–H groups in total. The molecule has 4 nitrogen and oxygen atoms in total. The van der Waals surface area contributed by atoms with Crippen LogP contribution in [0.4, 0.5) is 0 Å². The Morgan fingerprint density at radius 3 is 2.57 bits per heavy atom. The van der Waals surface area contributed by atoms with E-state index in [4.69, 9.17) is 23.2 Å². The van der Waals surface area contributed by atoms with Crippen LogP contribution in [0.2, 0.25) is 10.0 Å². The highest BCUT2D eigenvalue weighted by Crippen LogP contribution is 2.24. The predicted molar refractivity (Wildman–Crippen MR) is 95.0 cm³/mol. The van der Waals surface area contributed by atoms with Crippen LogP contribution in [-0.4, -0.2) is 50.0 Å². The molecule has 1 unspecified atom stereocenters. The van der Waals surface area contributed by atoms with Crippen LogP contribution in [0.25, 0.3) is 0 Å². The van der Waals surface area contributed by atoms with Crippen LogP contribution in [-0.2, 0) is 16.4 Å². The molecular weight excluding hydrogens is 355 g/mol. The van der Waals surface area contributed by atoms with Crippen molar-refractivity contribution in [1.82, 2.24) is 10.2 Å². The van der Waals surface area contributed by atoms with Crippen LogP contribution in [0.15, 0.2) is 18.2 Å². The van der Waals surface area contributed by atoms with Crippen molar-refractivity contribution in [3.63, 3.8) is 0 Å². The molecule has 3 rings (SSSR count). The molecule has 0 spiro atoms. The lowest BCUT2D eigenvalue weighted by atomic mass is 10.1. The van der Waals surface area contributed by atoms with Gasteiger partial charge in [0.15, 0.2) is 0 Å². The Labute approximate surface area is 148 Å². The normalized spacial score (nSPS) is 25.7. The van der Waals surface area contributed by atoms with Crippen molar-refractivity contribution < 1.29 is 8.42 Å². The maximum atomic E-state index is 11.5. The minimum Gasteiger partial charge on any atom is -0.310 e. The summed E-state index contributed by atoms with van der Waals surface area (Å²) in [6.07, 6.45) is 2.57. The predicted octanol–water partition coefficient (Wildman–Crippen LogP) is 2.73. The van der Waals surface area contributed by atoms with E-state index in [-0.39, 0.29) is 0 Å². The van der Waals surface area contributed by atoms with Gasteiger partial charge < -0.3 is 5.32 Å². The third-order valence-corrected chi connectivity index (χ3v) is 7.01. The van der Waals surface area contributed by atoms with E-state index in [0.717, 1.165) is 44.5 Å². The Hall–Kier alpha value is -0.330. The van der Waals surface area contributed by atoms with Crippen molar-refractivity contribution in [3.05, 3.63) is 33.8 Å². The van der Waals surface area contributed by atoms with E-state index in [2.05, 4.69) is 10.2 Å². The number of nitrogens with zero attached hydrogens (tertiary/aromatic N) is 1. The van der Waals surface area contributed by atoms with E-state index in [1.807, 2.05) is 12.1 Å². The van der Waals surface area contributed by atoms with Crippen molar-refractivity contribution in [2.45, 2.75) is 37.9 Å². The third kappa shape index (κ3) is 4.83. The van der Waals surface area contributed by atoms with Crippen LogP contribution >= 0.6 is 23.2 Å². The molecule has 2 saturated heterocycles. The van der Waals surface area contributed by atoms with Gasteiger partial charge in [0, 0.05) is 41.8 Å². The Bertz CT molecular complexity index is 652. The van der Waals surface area contributed by atoms with Gasteiger partial charge in [-0.05, 0) is 37.0 Å². The monoisotopic (exact) mass is 376 g/mol. The zero-order chi connectivity index (χ0) is 16.4. The van der Waals surface area contributed by atoms with E-state index >= 15 is 0 Å². The molecule has 0 radical (unpaired) electrons. The minimum absolute atomic E-state index is 0.321. The first-order valence-electron chi connectivity index (χ1n) is 8.04. The molecule has 2 aliphatic heterocycles. The number of nitrogens with one attached hydrogen (secondary N) is 1. The molecule has 1 aromatic rings. The van der Waals surface area contributed by atoms with Crippen LogP contribution in [0.3, 0.4) is 0 Å². The summed E-state index contributed by atoms with van der Waals surface area (Å²) < 4.78 is 23.0. The fourth-order valence-electron chi connectivity index (χ4n) is 3.39. The number of sulfone groups is 1. The maximum absolute atomic E-state index is 11.5. The second kappa shape index (κ2) is 7.28. The van der Waals surface area contributed by atoms with Crippen LogP contribution < -0.4 is 5.32 Å². The molecule has 2 aliphatic rings. The standard InChI is InChI=1S/C16H22Cl2N2O2S/c17-13-2-1-12(16(18)9-13)10-20-6-3-15(11-20)19-14-4-7-23(21,22)8-5-14/h1-2,9,14-15,19H,3-8,10-11H2. The van der Waals surface area contributed by atoms with Crippen molar-refractivity contribution in [3.8, 4) is 0 Å². The van der Waals surface area contributed by atoms with Gasteiger partial charge in [0.05, 0.1) is 11.5 Å². The van der Waals surface area contributed by atoms with Gasteiger partial charge in [-0.3, -0.25) is 4.90 Å². The summed E-state index contributed by atoms with van der Waals surface area (Å²) >= 11 is 12.2. The Morgan fingerprint density at radius 1 is 1.13 bits per heavy atom. The van der Waals surface area contributed by atoms with Gasteiger partial charge in [0.1, 0.15) is 9.84 Å². The van der Waals surface area contributed by atoms with Gasteiger partial charge in [0.2, 0.25) is 0 Å². The smallest absolute Gasteiger partial charge is 0.150 e. The molecule has 0 bridgehead atoms. The Kier molecular flexibility index (Phi) is 5.53. The molecule has 2 heterocycles. The fourth-order valence-corrected chi connectivity index (χ4v) is 5.35. The Morgan fingerprint density at radius 2 is 1.87 bits per heavy atom. The van der Waals surface area contributed by atoms with Gasteiger partial charge in [0.25, 0.3) is 0 Å². The molecule has 0 aliphatic carbocycles. The van der Waals surface area contributed by atoms with Gasteiger partial charge in [-0.2, -0.15) is 0 Å². The topological polar surface area (TPSA) is 49.4 Å². The number of rotatable bonds is 4. The summed E-state index contributed by atoms with van der Waals surface area (Å²) in [4.78, 5) is 2.38. The van der Waals surface area contributed by atoms with E-state index in [0.29, 0.717) is 33.6 Å². The number of halogens is 2. The lowest BCUT2D eigenvalue weighted by Crippen LogP contribution is -2.44. The van der Waals surface area contributed by atoms with Crippen molar-refractivity contribution in [1.29, 1.82) is 0 Å². The fraction of sp³-hybridized carbons (Fsp3) is 0.625. The molecular formula is C16H22Cl2N2O2S. The summed E-state index contributed by atoms with van der Waals surface area (Å²) in [7, 11) is -2.78. The first kappa shape index (κ1) is 17.5. The highest BCUT2D eigenvalue weighted by Gasteiger charge is 2.28. The van der Waals surface area contributed by atoms with Gasteiger partial charge in [-0.1, -0.05) is 29.3 Å². The lowest BCUT2D eigenvalue weighted by molar-refractivity contribution is 0.311. The first-order chi connectivity index (χ1) is 10.9. The lowest BCUT2D eigenvalue weighted by Gasteiger charge is -2.26. The maximum Gasteiger partial charge on any atom is 0.150 e. The van der Waals surface area contributed by atoms with Crippen molar-refractivity contribution in [2.24, 2.45) is 0 Å². The molecule has 1 atom stereocenters. The quantitative estimate of drug-likeness (QED) is 0.877. The summed E-state index contributed by atoms with van der Waals surface area (Å²) in [6, 6.07) is 6.41. The third-order valence-electron chi connectivity index (χ3n) is 4.71. The molecule has 0 aromatic heterocycles. The average Bonchev–Trinajstić information content (AvgIpc) is 2.92. The molecule has 128 valence electrons. The van der Waals surface area contributed by atoms with Gasteiger partial charge in [-0.25, -0.2) is 8.42 Å². The van der Waals surface area contributed by atoms with Gasteiger partial charge in [-0.15, -0.1) is 0 Å². The number of likely N-dealkylation sites (tertiary alicyclic amines) is 1. The second-order valence-corrected chi connectivity index (χ2v) is 9.70. The largest absolute Gasteiger partial charge is 0.310 e. The second-order valence-electron chi connectivity index (χ2n) is 6.55. The molecule has 23 heavy (non-hydrogen) atoms. The molecule has 1 aromatic carbocycles. The van der Waals surface area contributed by atoms with Crippen LogP contribution in [0.5, 0.6) is 0 Å². The number of hydrogen-bond donors (Lipinski definition) is 1. The van der Waals surface area contributed by atoms with E-state index in [9.17, 15) is 8.42 Å². The van der Waals surface area contributed by atoms with Crippen molar-refractivity contribution in [2.75, 3.05) is 24.6 Å². The zero-order valence-corrected chi connectivity index (χ0v) is 15.3. The highest BCUT2D eigenvalue weighted by atomic mass is 35.5.